The molecule has 2 aromatic carbocycles. The van der Waals surface area contributed by atoms with Gasteiger partial charge in [-0.1, -0.05) is 12.1 Å². The first kappa shape index (κ1) is 20.2. The van der Waals surface area contributed by atoms with Crippen LogP contribution in [0.3, 0.4) is 0 Å². The van der Waals surface area contributed by atoms with Crippen molar-refractivity contribution >= 4 is 39.3 Å². The third-order valence-corrected chi connectivity index (χ3v) is 6.03. The summed E-state index contributed by atoms with van der Waals surface area (Å²) in [6.07, 6.45) is -0.0477. The van der Waals surface area contributed by atoms with Gasteiger partial charge in [-0.3, -0.25) is 9.59 Å². The van der Waals surface area contributed by atoms with Crippen LogP contribution in [-0.4, -0.2) is 38.8 Å². The summed E-state index contributed by atoms with van der Waals surface area (Å²) >= 11 is 1.33. The predicted octanol–water partition coefficient (Wildman–Crippen LogP) is 1.76. The Bertz CT molecular complexity index is 976. The highest BCUT2D eigenvalue weighted by atomic mass is 32.2. The van der Waals surface area contributed by atoms with Gasteiger partial charge in [0, 0.05) is 4.90 Å². The molecule has 0 aliphatic carbocycles. The zero-order valence-corrected chi connectivity index (χ0v) is 16.3. The second-order valence-corrected chi connectivity index (χ2v) is 8.69. The molecule has 8 nitrogen and oxygen atoms in total. The molecule has 3 N–H and O–H groups in total. The van der Waals surface area contributed by atoms with Crippen LogP contribution < -0.4 is 15.2 Å². The fraction of sp³-hybridized carbons (Fsp3) is 0.222. The first-order valence-corrected chi connectivity index (χ1v) is 10.7. The summed E-state index contributed by atoms with van der Waals surface area (Å²) in [5, 5.41) is 7.25. The lowest BCUT2D eigenvalue weighted by Crippen LogP contribution is -2.31. The van der Waals surface area contributed by atoms with Gasteiger partial charge in [-0.2, -0.15) is 0 Å². The Balaban J connectivity index is 1.42. The number of rotatable bonds is 7. The fourth-order valence-corrected chi connectivity index (χ4v) is 4.09. The molecule has 10 heteroatoms. The maximum atomic E-state index is 12.1. The van der Waals surface area contributed by atoms with Crippen molar-refractivity contribution < 1.29 is 27.5 Å². The van der Waals surface area contributed by atoms with E-state index in [4.69, 9.17) is 14.6 Å². The van der Waals surface area contributed by atoms with Crippen molar-refractivity contribution in [3.63, 3.8) is 0 Å². The molecule has 0 saturated carbocycles. The number of nitrogens with two attached hydrogens (primary N) is 1. The standard InChI is InChI=1S/C18H18N2O6S2/c19-28(23,24)13-7-5-12(6-8-13)25-9-10-26-17(21)11-16-18(22)20-14-3-1-2-4-15(14)27-16/h1-8,16H,9-11H2,(H,20,22)(H2,19,23,24). The van der Waals surface area contributed by atoms with Crippen molar-refractivity contribution in [2.24, 2.45) is 5.14 Å². The first-order chi connectivity index (χ1) is 13.3. The van der Waals surface area contributed by atoms with Gasteiger partial charge in [-0.05, 0) is 36.4 Å². The van der Waals surface area contributed by atoms with Crippen molar-refractivity contribution in [2.75, 3.05) is 18.5 Å². The number of esters is 1. The molecule has 2 aromatic rings. The highest BCUT2D eigenvalue weighted by Crippen LogP contribution is 2.36. The topological polar surface area (TPSA) is 125 Å². The van der Waals surface area contributed by atoms with Crippen molar-refractivity contribution in [3.8, 4) is 5.75 Å². The second kappa shape index (κ2) is 8.63. The normalized spacial score (nSPS) is 16.0. The van der Waals surface area contributed by atoms with E-state index >= 15 is 0 Å². The Hall–Kier alpha value is -2.56. The molecule has 28 heavy (non-hydrogen) atoms. The minimum atomic E-state index is -3.75. The monoisotopic (exact) mass is 422 g/mol. The van der Waals surface area contributed by atoms with Crippen molar-refractivity contribution in [1.29, 1.82) is 0 Å². The number of hydrogen-bond acceptors (Lipinski definition) is 7. The molecular weight excluding hydrogens is 404 g/mol. The third-order valence-electron chi connectivity index (χ3n) is 3.83. The molecule has 1 unspecified atom stereocenters. The van der Waals surface area contributed by atoms with Crippen LogP contribution in [0.25, 0.3) is 0 Å². The minimum absolute atomic E-state index is 0.00532. The largest absolute Gasteiger partial charge is 0.490 e. The summed E-state index contributed by atoms with van der Waals surface area (Å²) in [4.78, 5) is 25.0. The van der Waals surface area contributed by atoms with Gasteiger partial charge in [0.2, 0.25) is 15.9 Å². The average molecular weight is 422 g/mol. The van der Waals surface area contributed by atoms with Crippen LogP contribution in [0.2, 0.25) is 0 Å². The highest BCUT2D eigenvalue weighted by Gasteiger charge is 2.29. The van der Waals surface area contributed by atoms with E-state index in [1.165, 1.54) is 36.0 Å². The number of hydrogen-bond donors (Lipinski definition) is 2. The molecule has 1 amide bonds. The molecule has 0 fully saturated rings. The smallest absolute Gasteiger partial charge is 0.307 e. The number of ether oxygens (including phenoxy) is 2. The van der Waals surface area contributed by atoms with Crippen LogP contribution in [0.4, 0.5) is 5.69 Å². The Morgan fingerprint density at radius 3 is 2.54 bits per heavy atom. The van der Waals surface area contributed by atoms with Crippen LogP contribution in [-0.2, 0) is 24.3 Å². The van der Waals surface area contributed by atoms with E-state index < -0.39 is 21.2 Å². The van der Waals surface area contributed by atoms with Crippen LogP contribution in [0, 0.1) is 0 Å². The van der Waals surface area contributed by atoms with E-state index in [2.05, 4.69) is 5.32 Å². The summed E-state index contributed by atoms with van der Waals surface area (Å²) in [6.45, 7) is 0.0959. The predicted molar refractivity (Wildman–Crippen MR) is 104 cm³/mol. The molecule has 1 heterocycles. The van der Waals surface area contributed by atoms with Gasteiger partial charge in [0.25, 0.3) is 0 Å². The molecule has 1 atom stereocenters. The fourth-order valence-electron chi connectivity index (χ4n) is 2.48. The molecule has 1 aliphatic heterocycles. The molecule has 0 aromatic heterocycles. The van der Waals surface area contributed by atoms with Crippen LogP contribution in [0.1, 0.15) is 6.42 Å². The first-order valence-electron chi connectivity index (χ1n) is 8.31. The number of para-hydroxylation sites is 1. The number of nitrogens with one attached hydrogen (secondary N) is 1. The van der Waals surface area contributed by atoms with Crippen molar-refractivity contribution in [2.45, 2.75) is 21.5 Å². The van der Waals surface area contributed by atoms with Crippen molar-refractivity contribution in [3.05, 3.63) is 48.5 Å². The van der Waals surface area contributed by atoms with E-state index in [1.807, 2.05) is 24.3 Å². The average Bonchev–Trinajstić information content (AvgIpc) is 2.65. The van der Waals surface area contributed by atoms with Crippen molar-refractivity contribution in [1.82, 2.24) is 0 Å². The molecule has 1 aliphatic rings. The van der Waals surface area contributed by atoms with E-state index in [0.29, 0.717) is 5.75 Å². The molecule has 0 radical (unpaired) electrons. The lowest BCUT2D eigenvalue weighted by Gasteiger charge is -2.23. The minimum Gasteiger partial charge on any atom is -0.490 e. The Morgan fingerprint density at radius 2 is 1.82 bits per heavy atom. The zero-order valence-electron chi connectivity index (χ0n) is 14.7. The molecule has 3 rings (SSSR count). The van der Waals surface area contributed by atoms with Gasteiger partial charge in [-0.15, -0.1) is 11.8 Å². The van der Waals surface area contributed by atoms with E-state index in [-0.39, 0.29) is 30.4 Å². The Morgan fingerprint density at radius 1 is 1.11 bits per heavy atom. The molecular formula is C18H18N2O6S2. The number of fused-ring (bicyclic) bond motifs is 1. The van der Waals surface area contributed by atoms with Gasteiger partial charge in [0.15, 0.2) is 0 Å². The van der Waals surface area contributed by atoms with Crippen LogP contribution in [0.15, 0.2) is 58.3 Å². The highest BCUT2D eigenvalue weighted by molar-refractivity contribution is 8.01. The quantitative estimate of drug-likeness (QED) is 0.514. The number of primary sulfonamides is 1. The number of sulfonamides is 1. The number of carbonyl (C=O) groups is 2. The van der Waals surface area contributed by atoms with Gasteiger partial charge in [0.05, 0.1) is 22.3 Å². The third kappa shape index (κ3) is 5.24. The van der Waals surface area contributed by atoms with Gasteiger partial charge in [0.1, 0.15) is 19.0 Å². The van der Waals surface area contributed by atoms with E-state index in [9.17, 15) is 18.0 Å². The number of thioether (sulfide) groups is 1. The van der Waals surface area contributed by atoms with Gasteiger partial charge < -0.3 is 14.8 Å². The molecule has 0 spiro atoms. The molecule has 148 valence electrons. The van der Waals surface area contributed by atoms with Crippen LogP contribution in [0.5, 0.6) is 5.75 Å². The summed E-state index contributed by atoms with van der Waals surface area (Å²) in [5.74, 6) is -0.311. The Kier molecular flexibility index (Phi) is 6.22. The summed E-state index contributed by atoms with van der Waals surface area (Å²) in [5.41, 5.74) is 0.740. The maximum Gasteiger partial charge on any atom is 0.307 e. The lowest BCUT2D eigenvalue weighted by molar-refractivity contribution is -0.145. The van der Waals surface area contributed by atoms with E-state index in [0.717, 1.165) is 10.6 Å². The number of amides is 1. The number of anilines is 1. The van der Waals surface area contributed by atoms with Crippen LogP contribution >= 0.6 is 11.8 Å². The summed E-state index contributed by atoms with van der Waals surface area (Å²) in [7, 11) is -3.75. The Labute approximate surface area is 166 Å². The lowest BCUT2D eigenvalue weighted by atomic mass is 10.2. The second-order valence-electron chi connectivity index (χ2n) is 5.88. The maximum absolute atomic E-state index is 12.1. The summed E-state index contributed by atoms with van der Waals surface area (Å²) in [6, 6.07) is 13.0. The SMILES string of the molecule is NS(=O)(=O)c1ccc(OCCOC(=O)CC2Sc3ccccc3NC2=O)cc1. The van der Waals surface area contributed by atoms with E-state index in [1.54, 1.807) is 0 Å². The summed E-state index contributed by atoms with van der Waals surface area (Å²) < 4.78 is 32.9. The van der Waals surface area contributed by atoms with Gasteiger partial charge >= 0.3 is 5.97 Å². The molecule has 0 saturated heterocycles. The van der Waals surface area contributed by atoms with Gasteiger partial charge in [-0.25, -0.2) is 13.6 Å². The number of benzene rings is 2. The zero-order chi connectivity index (χ0) is 20.1. The molecule has 0 bridgehead atoms. The number of carbonyl (C=O) groups excluding carboxylic acids is 2.